The van der Waals surface area contributed by atoms with Crippen molar-refractivity contribution in [3.8, 4) is 0 Å². The second kappa shape index (κ2) is 19.4. The standard InChI is InChI=1S/C34H36N4O6.C20H14N4.Cu/c1-7-19-15(3)23-12-25-17(5)21(9-10-29(39)40)32(37-25)22(11-30(41)42)33-31(34(43)44)18(6)26(38-33)14-28-20(8-2)16(4)24(36-28)13-27(19)35-23;1-2-14-10-16-5-6-18(23-16)12-20-8-7-19(24-20)11-17-4-3-15(22-17)9-13(1)21-14;/h7,12-14,17,21,35-36H,1,8-11H2,2-6H3,(H,39,40)(H,41,42)(H,43,44);1-12,21,24H;/t17-,21-;;/m0../s1/i;1D;. The van der Waals surface area contributed by atoms with Gasteiger partial charge in [0, 0.05) is 96.3 Å². The first-order valence-corrected chi connectivity index (χ1v) is 22.4. The van der Waals surface area contributed by atoms with E-state index in [0.29, 0.717) is 35.1 Å². The molecule has 0 unspecified atom stereocenters. The molecule has 10 heterocycles. The van der Waals surface area contributed by atoms with Crippen LogP contribution < -0.4 is 0 Å². The van der Waals surface area contributed by atoms with Crippen molar-refractivity contribution in [2.45, 2.75) is 72.1 Å². The largest absolute Gasteiger partial charge is 0.481 e. The number of nitrogens with zero attached hydrogens (tertiary/aromatic N) is 4. The molecule has 0 saturated heterocycles. The number of allylic oxidation sites excluding steroid dienone is 1. The van der Waals surface area contributed by atoms with Gasteiger partial charge in [-0.1, -0.05) is 26.5 Å². The van der Waals surface area contributed by atoms with Crippen molar-refractivity contribution in [1.82, 2.24) is 39.9 Å². The summed E-state index contributed by atoms with van der Waals surface area (Å²) in [6.07, 6.45) is 9.91. The summed E-state index contributed by atoms with van der Waals surface area (Å²) < 4.78 is 8.14. The van der Waals surface area contributed by atoms with Crippen molar-refractivity contribution in [2.75, 3.05) is 0 Å². The van der Waals surface area contributed by atoms with Gasteiger partial charge in [0.1, 0.15) is 0 Å². The molecule has 353 valence electrons. The smallest absolute Gasteiger partial charge is 0.338 e. The molecular formula is C54H50CuN8O6. The van der Waals surface area contributed by atoms with E-state index in [1.54, 1.807) is 19.1 Å². The van der Waals surface area contributed by atoms with E-state index < -0.39 is 30.2 Å². The molecule has 2 atom stereocenters. The summed E-state index contributed by atoms with van der Waals surface area (Å²) in [5.41, 5.74) is 16.3. The number of hydrogen-bond acceptors (Lipinski definition) is 7. The number of aromatic nitrogens is 8. The summed E-state index contributed by atoms with van der Waals surface area (Å²) >= 11 is 0. The van der Waals surface area contributed by atoms with E-state index in [2.05, 4.69) is 36.5 Å². The maximum atomic E-state index is 12.7. The van der Waals surface area contributed by atoms with Crippen molar-refractivity contribution in [2.24, 2.45) is 0 Å². The molecule has 1 radical (unpaired) electrons. The van der Waals surface area contributed by atoms with Gasteiger partial charge in [0.05, 0.1) is 53.2 Å². The van der Waals surface area contributed by atoms with Gasteiger partial charge < -0.3 is 35.3 Å². The predicted molar refractivity (Wildman–Crippen MR) is 268 cm³/mol. The van der Waals surface area contributed by atoms with Crippen LogP contribution >= 0.6 is 0 Å². The van der Waals surface area contributed by atoms with Crippen molar-refractivity contribution in [1.29, 1.82) is 0 Å². The first-order valence-electron chi connectivity index (χ1n) is 22.9. The average molecular weight is 972 g/mol. The fourth-order valence-corrected chi connectivity index (χ4v) is 9.40. The Hall–Kier alpha value is -7.87. The summed E-state index contributed by atoms with van der Waals surface area (Å²) in [7, 11) is 0. The number of nitrogens with one attached hydrogen (secondary N) is 4. The Labute approximate surface area is 408 Å². The van der Waals surface area contributed by atoms with E-state index in [4.69, 9.17) is 11.3 Å². The first kappa shape index (κ1) is 46.2. The number of aromatic amines is 4. The predicted octanol–water partition coefficient (Wildman–Crippen LogP) is 11.2. The fraction of sp³-hybridized carbons (Fsp3) is 0.204. The van der Waals surface area contributed by atoms with Gasteiger partial charge in [-0.15, -0.1) is 0 Å². The molecule has 0 amide bonds. The molecule has 0 saturated carbocycles. The van der Waals surface area contributed by atoms with Crippen LogP contribution in [0.25, 0.3) is 85.7 Å². The zero-order chi connectivity index (χ0) is 48.8. The Bertz CT molecular complexity index is 3630. The maximum absolute atomic E-state index is 12.7. The van der Waals surface area contributed by atoms with E-state index in [1.807, 2.05) is 107 Å². The molecule has 4 aliphatic rings. The Morgan fingerprint density at radius 3 is 1.86 bits per heavy atom. The van der Waals surface area contributed by atoms with Crippen LogP contribution in [0.15, 0.2) is 73.3 Å². The molecule has 6 aromatic heterocycles. The second-order valence-corrected chi connectivity index (χ2v) is 17.3. The summed E-state index contributed by atoms with van der Waals surface area (Å²) in [4.78, 5) is 69.0. The van der Waals surface area contributed by atoms with E-state index in [0.717, 1.165) is 89.2 Å². The molecule has 0 fully saturated rings. The fourth-order valence-electron chi connectivity index (χ4n) is 9.40. The minimum Gasteiger partial charge on any atom is -0.481 e. The van der Waals surface area contributed by atoms with Crippen LogP contribution in [0.2, 0.25) is 0 Å². The number of carboxylic acid groups (broad SMARTS) is 3. The van der Waals surface area contributed by atoms with Crippen molar-refractivity contribution in [3.63, 3.8) is 0 Å². The second-order valence-electron chi connectivity index (χ2n) is 17.3. The minimum atomic E-state index is -1.23. The average Bonchev–Trinajstić information content (AvgIpc) is 4.19. The zero-order valence-corrected chi connectivity index (χ0v) is 39.4. The molecule has 0 aromatic carbocycles. The Morgan fingerprint density at radius 1 is 0.696 bits per heavy atom. The number of hydrogen-bond donors (Lipinski definition) is 7. The third kappa shape index (κ3) is 9.65. The minimum absolute atomic E-state index is 0. The summed E-state index contributed by atoms with van der Waals surface area (Å²) in [6.45, 7) is 13.7. The van der Waals surface area contributed by atoms with E-state index in [9.17, 15) is 29.7 Å². The van der Waals surface area contributed by atoms with E-state index >= 15 is 0 Å². The summed E-state index contributed by atoms with van der Waals surface area (Å²) in [5, 5.41) is 29.9. The Kier molecular flexibility index (Phi) is 13.0. The number of aryl methyl sites for hydroxylation is 3. The van der Waals surface area contributed by atoms with Crippen LogP contribution in [0.3, 0.4) is 0 Å². The van der Waals surface area contributed by atoms with E-state index in [1.165, 1.54) is 0 Å². The number of aliphatic carboxylic acids is 3. The van der Waals surface area contributed by atoms with Gasteiger partial charge in [-0.05, 0) is 147 Å². The Morgan fingerprint density at radius 2 is 1.28 bits per heavy atom. The topological polar surface area (TPSA) is 227 Å². The van der Waals surface area contributed by atoms with Gasteiger partial charge in [-0.3, -0.25) is 14.6 Å². The Balaban J connectivity index is 0.000000213. The SMILES string of the molecule is C=Cc1c(C)c2cc3nc(c(CC(=O)O)c4nc(cc5[nH]c(cc1[nH]2)c(C)c5CC)C(C)=C4C(=O)O)[C@@H](CCC(=O)O)[C@@H]3C.[2H]c1cc2cc3nc(cc4ccc(cc5nc(cc1[nH]2)C=C5)[nH]4)C=C3.[Cu]. The maximum Gasteiger partial charge on any atom is 0.338 e. The van der Waals surface area contributed by atoms with Crippen molar-refractivity contribution in [3.05, 3.63) is 147 Å². The summed E-state index contributed by atoms with van der Waals surface area (Å²) in [6, 6.07) is 19.9. The number of fused-ring (bicyclic) bond motifs is 16. The van der Waals surface area contributed by atoms with Gasteiger partial charge in [0.15, 0.2) is 0 Å². The van der Waals surface area contributed by atoms with Crippen molar-refractivity contribution >= 4 is 104 Å². The molecule has 6 aromatic rings. The third-order valence-electron chi connectivity index (χ3n) is 12.9. The first-order chi connectivity index (χ1) is 33.1. The van der Waals surface area contributed by atoms with Gasteiger partial charge in [0.25, 0.3) is 0 Å². The number of carbonyl (C=O) groups is 3. The van der Waals surface area contributed by atoms with Crippen LogP contribution in [0.4, 0.5) is 0 Å². The van der Waals surface area contributed by atoms with Crippen LogP contribution in [-0.2, 0) is 44.3 Å². The molecule has 14 nitrogen and oxygen atoms in total. The third-order valence-corrected chi connectivity index (χ3v) is 12.9. The van der Waals surface area contributed by atoms with Gasteiger partial charge >= 0.3 is 17.9 Å². The zero-order valence-electron chi connectivity index (χ0n) is 39.5. The van der Waals surface area contributed by atoms with Gasteiger partial charge in [0.2, 0.25) is 0 Å². The number of rotatable bonds is 8. The molecule has 10 rings (SSSR count). The van der Waals surface area contributed by atoms with Crippen LogP contribution in [-0.4, -0.2) is 73.1 Å². The summed E-state index contributed by atoms with van der Waals surface area (Å²) in [5.74, 6) is -4.13. The molecule has 16 bridgehead atoms. The monoisotopic (exact) mass is 970 g/mol. The van der Waals surface area contributed by atoms with Crippen LogP contribution in [0.5, 0.6) is 0 Å². The van der Waals surface area contributed by atoms with Crippen LogP contribution in [0, 0.1) is 13.8 Å². The molecule has 4 aliphatic heterocycles. The van der Waals surface area contributed by atoms with Crippen LogP contribution in [0.1, 0.15) is 120 Å². The van der Waals surface area contributed by atoms with E-state index in [-0.39, 0.29) is 52.7 Å². The molecule has 0 spiro atoms. The molecule has 69 heavy (non-hydrogen) atoms. The molecule has 15 heteroatoms. The molecule has 0 aliphatic carbocycles. The molecular weight excluding hydrogens is 920 g/mol. The normalized spacial score (nSPS) is 15.0. The quantitative estimate of drug-likeness (QED) is 0.0713. The van der Waals surface area contributed by atoms with Crippen molar-refractivity contribution < 1.29 is 48.1 Å². The number of carboxylic acids is 3. The van der Waals surface area contributed by atoms with Gasteiger partial charge in [-0.25, -0.2) is 19.7 Å². The van der Waals surface area contributed by atoms with Gasteiger partial charge in [-0.2, -0.15) is 0 Å². The molecule has 7 N–H and O–H groups in total. The number of H-pyrrole nitrogens is 4.